The van der Waals surface area contributed by atoms with Crippen LogP contribution in [0.25, 0.3) is 0 Å². The lowest BCUT2D eigenvalue weighted by atomic mass is 9.98. The molecule has 1 rings (SSSR count). The molecule has 0 aliphatic heterocycles. The van der Waals surface area contributed by atoms with E-state index in [0.717, 1.165) is 12.0 Å². The Morgan fingerprint density at radius 2 is 1.89 bits per heavy atom. The van der Waals surface area contributed by atoms with E-state index < -0.39 is 17.7 Å². The normalized spacial score (nSPS) is 13.4. The highest BCUT2D eigenvalue weighted by molar-refractivity contribution is 5.95. The first kappa shape index (κ1) is 22.6. The molecule has 0 saturated heterocycles. The van der Waals surface area contributed by atoms with Crippen molar-refractivity contribution in [1.82, 2.24) is 10.3 Å². The predicted octanol–water partition coefficient (Wildman–Crippen LogP) is 3.80. The van der Waals surface area contributed by atoms with E-state index in [-0.39, 0.29) is 17.6 Å². The number of anilines is 1. The lowest BCUT2D eigenvalue weighted by Crippen LogP contribution is -2.45. The van der Waals surface area contributed by atoms with Crippen LogP contribution in [0.3, 0.4) is 0 Å². The summed E-state index contributed by atoms with van der Waals surface area (Å²) in [6.45, 7) is 10.7. The van der Waals surface area contributed by atoms with Crippen molar-refractivity contribution in [3.63, 3.8) is 0 Å². The van der Waals surface area contributed by atoms with Crippen molar-refractivity contribution < 1.29 is 19.1 Å². The van der Waals surface area contributed by atoms with Gasteiger partial charge in [0.15, 0.2) is 0 Å². The average Bonchev–Trinajstić information content (AvgIpc) is 2.52. The van der Waals surface area contributed by atoms with Gasteiger partial charge in [-0.25, -0.2) is 9.78 Å². The minimum atomic E-state index is -0.706. The number of alkyl carbamates (subject to hydrolysis) is 1. The van der Waals surface area contributed by atoms with Crippen LogP contribution < -0.4 is 10.6 Å². The maximum Gasteiger partial charge on any atom is 0.408 e. The number of aromatic nitrogens is 1. The summed E-state index contributed by atoms with van der Waals surface area (Å²) in [6, 6.07) is 2.83. The number of rotatable bonds is 8. The molecule has 150 valence electrons. The summed E-state index contributed by atoms with van der Waals surface area (Å²) in [4.78, 5) is 39.9. The average molecular weight is 377 g/mol. The number of hydrogen-bond acceptors (Lipinski definition) is 5. The second-order valence-electron chi connectivity index (χ2n) is 7.76. The van der Waals surface area contributed by atoms with Crippen LogP contribution in [0, 0.1) is 0 Å². The third kappa shape index (κ3) is 8.66. The number of carbonyl (C=O) groups excluding carboxylic acids is 3. The quantitative estimate of drug-likeness (QED) is 0.718. The smallest absolute Gasteiger partial charge is 0.408 e. The van der Waals surface area contributed by atoms with Crippen molar-refractivity contribution in [2.45, 2.75) is 78.4 Å². The topological polar surface area (TPSA) is 97.4 Å². The van der Waals surface area contributed by atoms with E-state index in [0.29, 0.717) is 18.7 Å². The Balaban J connectivity index is 2.72. The van der Waals surface area contributed by atoms with Crippen LogP contribution in [0.2, 0.25) is 0 Å². The van der Waals surface area contributed by atoms with Crippen molar-refractivity contribution in [1.29, 1.82) is 0 Å². The maximum absolute atomic E-state index is 12.5. The number of ketones is 1. The van der Waals surface area contributed by atoms with Crippen molar-refractivity contribution in [2.24, 2.45) is 0 Å². The lowest BCUT2D eigenvalue weighted by molar-refractivity contribution is -0.118. The summed E-state index contributed by atoms with van der Waals surface area (Å²) in [5, 5.41) is 5.32. The number of Topliss-reactive ketones (excluding diaryl/α,β-unsaturated/α-hetero) is 1. The molecule has 1 heterocycles. The van der Waals surface area contributed by atoms with Crippen LogP contribution >= 0.6 is 0 Å². The monoisotopic (exact) mass is 377 g/mol. The van der Waals surface area contributed by atoms with E-state index in [9.17, 15) is 14.4 Å². The van der Waals surface area contributed by atoms with E-state index in [1.807, 2.05) is 19.9 Å². The molecular weight excluding hydrogens is 346 g/mol. The van der Waals surface area contributed by atoms with Gasteiger partial charge in [0.2, 0.25) is 5.91 Å². The molecule has 0 aromatic carbocycles. The van der Waals surface area contributed by atoms with Gasteiger partial charge in [0.05, 0.1) is 0 Å². The summed E-state index contributed by atoms with van der Waals surface area (Å²) >= 11 is 0. The Labute approximate surface area is 161 Å². The summed E-state index contributed by atoms with van der Waals surface area (Å²) < 4.78 is 5.22. The number of pyridine rings is 1. The Bertz CT molecular complexity index is 650. The highest BCUT2D eigenvalue weighted by atomic mass is 16.6. The third-order valence-electron chi connectivity index (χ3n) is 3.79. The Kier molecular flexibility index (Phi) is 8.40. The van der Waals surface area contributed by atoms with E-state index in [1.54, 1.807) is 40.0 Å². The number of nitrogens with zero attached hydrogens (tertiary/aromatic N) is 1. The fraction of sp³-hybridized carbons (Fsp3) is 0.600. The van der Waals surface area contributed by atoms with Crippen LogP contribution in [0.5, 0.6) is 0 Å². The minimum Gasteiger partial charge on any atom is -0.444 e. The molecular formula is C20H31N3O4. The van der Waals surface area contributed by atoms with Crippen LogP contribution in [0.4, 0.5) is 10.6 Å². The van der Waals surface area contributed by atoms with Gasteiger partial charge < -0.3 is 20.2 Å². The number of nitrogens with one attached hydrogen (secondary N) is 2. The van der Waals surface area contributed by atoms with Crippen molar-refractivity contribution in [3.8, 4) is 0 Å². The molecule has 7 heteroatoms. The number of carbonyl (C=O) groups is 3. The summed E-state index contributed by atoms with van der Waals surface area (Å²) in [5.41, 5.74) is 0.297. The van der Waals surface area contributed by atoms with Crippen LogP contribution in [-0.4, -0.2) is 34.4 Å². The molecule has 2 N–H and O–H groups in total. The van der Waals surface area contributed by atoms with E-state index in [1.165, 1.54) is 0 Å². The molecule has 0 saturated carbocycles. The zero-order valence-electron chi connectivity index (χ0n) is 17.1. The zero-order valence-corrected chi connectivity index (χ0v) is 17.1. The van der Waals surface area contributed by atoms with E-state index in [4.69, 9.17) is 4.74 Å². The molecule has 0 aliphatic carbocycles. The first-order chi connectivity index (χ1) is 12.5. The van der Waals surface area contributed by atoms with Gasteiger partial charge in [-0.15, -0.1) is 0 Å². The summed E-state index contributed by atoms with van der Waals surface area (Å²) in [7, 11) is 0. The highest BCUT2D eigenvalue weighted by Crippen LogP contribution is 2.19. The molecule has 1 aromatic rings. The standard InChI is InChI=1S/C20H31N3O4/c1-7-8-16(22-19(26)27-20(4,5)6)18(25)23-17-10-9-15(12-21-17)13(2)11-14(3)24/h9-10,12-13,16H,7-8,11H2,1-6H3,(H,22,26)(H,21,23,25). The molecule has 0 spiro atoms. The first-order valence-corrected chi connectivity index (χ1v) is 9.27. The summed E-state index contributed by atoms with van der Waals surface area (Å²) in [5.74, 6) is 0.238. The molecule has 2 atom stereocenters. The van der Waals surface area contributed by atoms with Gasteiger partial charge >= 0.3 is 6.09 Å². The fourth-order valence-electron chi connectivity index (χ4n) is 2.54. The fourth-order valence-corrected chi connectivity index (χ4v) is 2.54. The van der Waals surface area contributed by atoms with Crippen molar-refractivity contribution in [3.05, 3.63) is 23.9 Å². The van der Waals surface area contributed by atoms with Gasteiger partial charge in [0.25, 0.3) is 0 Å². The SMILES string of the molecule is CCCC(NC(=O)OC(C)(C)C)C(=O)Nc1ccc(C(C)CC(C)=O)cn1. The lowest BCUT2D eigenvalue weighted by Gasteiger charge is -2.23. The van der Waals surface area contributed by atoms with Crippen molar-refractivity contribution in [2.75, 3.05) is 5.32 Å². The maximum atomic E-state index is 12.5. The Morgan fingerprint density at radius 1 is 1.22 bits per heavy atom. The van der Waals surface area contributed by atoms with Crippen LogP contribution in [-0.2, 0) is 14.3 Å². The second kappa shape index (κ2) is 10.0. The van der Waals surface area contributed by atoms with Gasteiger partial charge in [0.1, 0.15) is 23.2 Å². The molecule has 7 nitrogen and oxygen atoms in total. The second-order valence-corrected chi connectivity index (χ2v) is 7.76. The predicted molar refractivity (Wildman–Crippen MR) is 105 cm³/mol. The zero-order chi connectivity index (χ0) is 20.6. The van der Waals surface area contributed by atoms with E-state index in [2.05, 4.69) is 15.6 Å². The third-order valence-corrected chi connectivity index (χ3v) is 3.79. The van der Waals surface area contributed by atoms with Crippen LogP contribution in [0.1, 0.15) is 72.3 Å². The van der Waals surface area contributed by atoms with E-state index >= 15 is 0 Å². The number of hydrogen-bond donors (Lipinski definition) is 2. The van der Waals surface area contributed by atoms with Crippen molar-refractivity contribution >= 4 is 23.6 Å². The largest absolute Gasteiger partial charge is 0.444 e. The molecule has 2 amide bonds. The van der Waals surface area contributed by atoms with Gasteiger partial charge in [-0.05, 0) is 51.7 Å². The first-order valence-electron chi connectivity index (χ1n) is 9.27. The molecule has 0 radical (unpaired) electrons. The molecule has 1 aromatic heterocycles. The van der Waals surface area contributed by atoms with Gasteiger partial charge in [-0.1, -0.05) is 26.3 Å². The summed E-state index contributed by atoms with van der Waals surface area (Å²) in [6.07, 6.45) is 2.68. The Morgan fingerprint density at radius 3 is 2.37 bits per heavy atom. The molecule has 0 bridgehead atoms. The molecule has 0 aliphatic rings. The van der Waals surface area contributed by atoms with Gasteiger partial charge in [-0.2, -0.15) is 0 Å². The number of ether oxygens (including phenoxy) is 1. The van der Waals surface area contributed by atoms with Gasteiger partial charge in [0, 0.05) is 12.6 Å². The minimum absolute atomic E-state index is 0.0708. The molecule has 0 fully saturated rings. The van der Waals surface area contributed by atoms with Crippen LogP contribution in [0.15, 0.2) is 18.3 Å². The highest BCUT2D eigenvalue weighted by Gasteiger charge is 2.24. The van der Waals surface area contributed by atoms with Gasteiger partial charge in [-0.3, -0.25) is 4.79 Å². The number of amides is 2. The molecule has 27 heavy (non-hydrogen) atoms. The molecule has 2 unspecified atom stereocenters. The Hall–Kier alpha value is -2.44.